The lowest BCUT2D eigenvalue weighted by atomic mass is 10.1. The summed E-state index contributed by atoms with van der Waals surface area (Å²) in [5.74, 6) is -0.0753. The number of aromatic amines is 1. The maximum atomic E-state index is 12.1. The van der Waals surface area contributed by atoms with E-state index in [-0.39, 0.29) is 5.91 Å². The maximum Gasteiger partial charge on any atom is 0.251 e. The zero-order valence-electron chi connectivity index (χ0n) is 11.2. The molecule has 0 aliphatic heterocycles. The van der Waals surface area contributed by atoms with Gasteiger partial charge in [0.15, 0.2) is 0 Å². The molecule has 2 aromatic carbocycles. The minimum absolute atomic E-state index is 0.0753. The van der Waals surface area contributed by atoms with Crippen molar-refractivity contribution in [3.8, 4) is 0 Å². The summed E-state index contributed by atoms with van der Waals surface area (Å²) in [6, 6.07) is 13.6. The van der Waals surface area contributed by atoms with Gasteiger partial charge in [-0.25, -0.2) is 0 Å². The minimum Gasteiger partial charge on any atom is -0.348 e. The number of carbonyl (C=O) groups excluding carboxylic acids is 1. The Kier molecular flexibility index (Phi) is 3.21. The van der Waals surface area contributed by atoms with E-state index in [1.165, 1.54) is 5.56 Å². The van der Waals surface area contributed by atoms with Crippen molar-refractivity contribution < 1.29 is 4.79 Å². The van der Waals surface area contributed by atoms with Gasteiger partial charge in [-0.15, -0.1) is 0 Å². The van der Waals surface area contributed by atoms with E-state index in [2.05, 4.69) is 15.5 Å². The van der Waals surface area contributed by atoms with Crippen molar-refractivity contribution in [2.24, 2.45) is 0 Å². The number of carbonyl (C=O) groups is 1. The molecular formula is C16H15N3O. The summed E-state index contributed by atoms with van der Waals surface area (Å²) in [6.07, 6.45) is 1.71. The molecule has 2 N–H and O–H groups in total. The van der Waals surface area contributed by atoms with Crippen LogP contribution < -0.4 is 5.32 Å². The number of nitrogens with zero attached hydrogens (tertiary/aromatic N) is 1. The predicted octanol–water partition coefficient (Wildman–Crippen LogP) is 2.80. The van der Waals surface area contributed by atoms with Crippen LogP contribution in [0.4, 0.5) is 0 Å². The van der Waals surface area contributed by atoms with Crippen LogP contribution in [0.2, 0.25) is 0 Å². The maximum absolute atomic E-state index is 12.1. The molecule has 0 atom stereocenters. The Morgan fingerprint density at radius 1 is 1.20 bits per heavy atom. The molecule has 0 saturated heterocycles. The summed E-state index contributed by atoms with van der Waals surface area (Å²) >= 11 is 0. The molecule has 1 aromatic heterocycles. The molecule has 3 rings (SSSR count). The first kappa shape index (κ1) is 12.4. The Hall–Kier alpha value is -2.62. The number of aryl methyl sites for hydroxylation is 1. The van der Waals surface area contributed by atoms with E-state index in [9.17, 15) is 4.79 Å². The van der Waals surface area contributed by atoms with Crippen molar-refractivity contribution in [1.29, 1.82) is 0 Å². The third-order valence-corrected chi connectivity index (χ3v) is 3.28. The fourth-order valence-corrected chi connectivity index (χ4v) is 2.07. The van der Waals surface area contributed by atoms with Crippen molar-refractivity contribution in [1.82, 2.24) is 15.5 Å². The minimum atomic E-state index is -0.0753. The second-order valence-corrected chi connectivity index (χ2v) is 4.84. The van der Waals surface area contributed by atoms with Crippen LogP contribution in [0, 0.1) is 6.92 Å². The Bertz CT molecular complexity index is 744. The Balaban J connectivity index is 1.70. The van der Waals surface area contributed by atoms with E-state index in [4.69, 9.17) is 0 Å². The third kappa shape index (κ3) is 2.54. The molecule has 20 heavy (non-hydrogen) atoms. The number of fused-ring (bicyclic) bond motifs is 1. The topological polar surface area (TPSA) is 57.8 Å². The lowest BCUT2D eigenvalue weighted by Crippen LogP contribution is -2.22. The second kappa shape index (κ2) is 5.17. The summed E-state index contributed by atoms with van der Waals surface area (Å²) in [5, 5.41) is 10.7. The van der Waals surface area contributed by atoms with Gasteiger partial charge in [0.1, 0.15) is 0 Å². The van der Waals surface area contributed by atoms with Gasteiger partial charge in [0.05, 0.1) is 11.7 Å². The fraction of sp³-hybridized carbons (Fsp3) is 0.125. The average molecular weight is 265 g/mol. The van der Waals surface area contributed by atoms with E-state index in [1.807, 2.05) is 43.3 Å². The summed E-state index contributed by atoms with van der Waals surface area (Å²) in [4.78, 5) is 12.1. The van der Waals surface area contributed by atoms with Crippen molar-refractivity contribution in [3.05, 3.63) is 65.4 Å². The lowest BCUT2D eigenvalue weighted by Gasteiger charge is -2.06. The van der Waals surface area contributed by atoms with Gasteiger partial charge in [-0.1, -0.05) is 29.8 Å². The van der Waals surface area contributed by atoms with Gasteiger partial charge in [0.25, 0.3) is 5.91 Å². The average Bonchev–Trinajstić information content (AvgIpc) is 2.93. The van der Waals surface area contributed by atoms with Crippen molar-refractivity contribution >= 4 is 16.8 Å². The molecule has 0 fully saturated rings. The van der Waals surface area contributed by atoms with Crippen molar-refractivity contribution in [3.63, 3.8) is 0 Å². The fourth-order valence-electron chi connectivity index (χ4n) is 2.07. The molecule has 1 amide bonds. The molecular weight excluding hydrogens is 250 g/mol. The van der Waals surface area contributed by atoms with Crippen LogP contribution in [-0.2, 0) is 6.54 Å². The highest BCUT2D eigenvalue weighted by Crippen LogP contribution is 2.13. The van der Waals surface area contributed by atoms with Gasteiger partial charge >= 0.3 is 0 Å². The van der Waals surface area contributed by atoms with Crippen molar-refractivity contribution in [2.45, 2.75) is 13.5 Å². The van der Waals surface area contributed by atoms with Crippen LogP contribution >= 0.6 is 0 Å². The smallest absolute Gasteiger partial charge is 0.251 e. The Labute approximate surface area is 116 Å². The molecule has 0 radical (unpaired) electrons. The molecule has 0 unspecified atom stereocenters. The highest BCUT2D eigenvalue weighted by Gasteiger charge is 2.06. The van der Waals surface area contributed by atoms with Gasteiger partial charge < -0.3 is 5.32 Å². The normalized spacial score (nSPS) is 10.7. The van der Waals surface area contributed by atoms with Crippen LogP contribution in [0.1, 0.15) is 21.5 Å². The van der Waals surface area contributed by atoms with Gasteiger partial charge in [-0.3, -0.25) is 9.89 Å². The standard InChI is InChI=1S/C16H15N3O/c1-11-2-4-12(5-3-11)9-17-16(20)13-6-7-15-14(8-13)10-18-19-15/h2-8,10H,9H2,1H3,(H,17,20)(H,18,19). The van der Waals surface area contributed by atoms with Crippen molar-refractivity contribution in [2.75, 3.05) is 0 Å². The lowest BCUT2D eigenvalue weighted by molar-refractivity contribution is 0.0951. The summed E-state index contributed by atoms with van der Waals surface area (Å²) in [6.45, 7) is 2.57. The van der Waals surface area contributed by atoms with Crippen LogP contribution in [0.5, 0.6) is 0 Å². The SMILES string of the molecule is Cc1ccc(CNC(=O)c2ccc3[nH]ncc3c2)cc1. The van der Waals surface area contributed by atoms with Crippen LogP contribution in [0.15, 0.2) is 48.7 Å². The molecule has 0 bridgehead atoms. The first-order chi connectivity index (χ1) is 9.72. The number of amides is 1. The molecule has 0 aliphatic rings. The molecule has 0 spiro atoms. The molecule has 0 aliphatic carbocycles. The number of nitrogens with one attached hydrogen (secondary N) is 2. The predicted molar refractivity (Wildman–Crippen MR) is 78.4 cm³/mol. The van der Waals surface area contributed by atoms with E-state index < -0.39 is 0 Å². The van der Waals surface area contributed by atoms with Crippen LogP contribution in [-0.4, -0.2) is 16.1 Å². The number of H-pyrrole nitrogens is 1. The van der Waals surface area contributed by atoms with Gasteiger partial charge in [-0.2, -0.15) is 5.10 Å². The Morgan fingerprint density at radius 2 is 2.00 bits per heavy atom. The number of aromatic nitrogens is 2. The Morgan fingerprint density at radius 3 is 2.80 bits per heavy atom. The zero-order chi connectivity index (χ0) is 13.9. The first-order valence-electron chi connectivity index (χ1n) is 6.49. The number of rotatable bonds is 3. The quantitative estimate of drug-likeness (QED) is 0.765. The summed E-state index contributed by atoms with van der Waals surface area (Å²) < 4.78 is 0. The van der Waals surface area contributed by atoms with E-state index in [0.29, 0.717) is 12.1 Å². The third-order valence-electron chi connectivity index (χ3n) is 3.28. The summed E-state index contributed by atoms with van der Waals surface area (Å²) in [7, 11) is 0. The molecule has 100 valence electrons. The largest absolute Gasteiger partial charge is 0.348 e. The van der Waals surface area contributed by atoms with Crippen LogP contribution in [0.3, 0.4) is 0 Å². The molecule has 4 nitrogen and oxygen atoms in total. The van der Waals surface area contributed by atoms with E-state index >= 15 is 0 Å². The monoisotopic (exact) mass is 265 g/mol. The van der Waals surface area contributed by atoms with Gasteiger partial charge in [-0.05, 0) is 30.7 Å². The summed E-state index contributed by atoms with van der Waals surface area (Å²) in [5.41, 5.74) is 3.88. The van der Waals surface area contributed by atoms with E-state index in [1.54, 1.807) is 12.3 Å². The first-order valence-corrected chi connectivity index (χ1v) is 6.49. The number of hydrogen-bond acceptors (Lipinski definition) is 2. The number of benzene rings is 2. The number of hydrogen-bond donors (Lipinski definition) is 2. The van der Waals surface area contributed by atoms with Gasteiger partial charge in [0.2, 0.25) is 0 Å². The van der Waals surface area contributed by atoms with Crippen LogP contribution in [0.25, 0.3) is 10.9 Å². The second-order valence-electron chi connectivity index (χ2n) is 4.84. The highest BCUT2D eigenvalue weighted by atomic mass is 16.1. The molecule has 0 saturated carbocycles. The molecule has 1 heterocycles. The van der Waals surface area contributed by atoms with Gasteiger partial charge in [0, 0.05) is 17.5 Å². The molecule has 3 aromatic rings. The van der Waals surface area contributed by atoms with E-state index in [0.717, 1.165) is 16.5 Å². The zero-order valence-corrected chi connectivity index (χ0v) is 11.2. The highest BCUT2D eigenvalue weighted by molar-refractivity contribution is 5.97. The molecule has 4 heteroatoms.